The molecule has 0 unspecified atom stereocenters. The predicted molar refractivity (Wildman–Crippen MR) is 203 cm³/mol. The summed E-state index contributed by atoms with van der Waals surface area (Å²) in [4.78, 5) is 18.8. The molecule has 0 saturated carbocycles. The summed E-state index contributed by atoms with van der Waals surface area (Å²) in [5.74, 6) is 1.29. The number of benzene rings is 5. The van der Waals surface area contributed by atoms with Crippen molar-refractivity contribution >= 4 is 17.4 Å². The number of nitrogens with one attached hydrogen (secondary N) is 1. The lowest BCUT2D eigenvalue weighted by Crippen LogP contribution is -2.39. The highest BCUT2D eigenvalue weighted by atomic mass is 16.1. The topological polar surface area (TPSA) is 88.8 Å². The molecule has 0 spiro atoms. The fourth-order valence-corrected chi connectivity index (χ4v) is 6.89. The van der Waals surface area contributed by atoms with Crippen molar-refractivity contribution in [2.75, 3.05) is 16.8 Å². The molecule has 1 N–H and O–H groups in total. The Morgan fingerprint density at radius 3 is 1.84 bits per heavy atom. The number of aromatic nitrogens is 5. The first-order chi connectivity index (χ1) is 25.1. The van der Waals surface area contributed by atoms with Gasteiger partial charge in [0.15, 0.2) is 11.6 Å². The molecule has 1 amide bonds. The summed E-state index contributed by atoms with van der Waals surface area (Å²) in [6, 6.07) is 51.9. The molecule has 0 aliphatic carbocycles. The number of rotatable bonds is 12. The number of nitrogens with zero attached hydrogens (tertiary/aromatic N) is 6. The van der Waals surface area contributed by atoms with Gasteiger partial charge in [0.1, 0.15) is 5.54 Å². The highest BCUT2D eigenvalue weighted by Crippen LogP contribution is 2.43. The number of amides is 1. The molecular weight excluding hydrogens is 631 g/mol. The smallest absolute Gasteiger partial charge is 0.221 e. The summed E-state index contributed by atoms with van der Waals surface area (Å²) >= 11 is 0. The maximum absolute atomic E-state index is 11.9. The van der Waals surface area contributed by atoms with Crippen LogP contribution in [-0.4, -0.2) is 37.6 Å². The Kier molecular flexibility index (Phi) is 9.74. The first kappa shape index (κ1) is 33.1. The maximum Gasteiger partial charge on any atom is 0.221 e. The van der Waals surface area contributed by atoms with Crippen molar-refractivity contribution in [1.29, 1.82) is 0 Å². The number of hydrogen-bond acceptors (Lipinski definition) is 6. The zero-order chi connectivity index (χ0) is 35.0. The molecular formula is C43H39N7O. The second-order valence-electron chi connectivity index (χ2n) is 12.4. The van der Waals surface area contributed by atoms with Crippen LogP contribution >= 0.6 is 0 Å². The van der Waals surface area contributed by atoms with Gasteiger partial charge in [0.05, 0.1) is 5.69 Å². The molecule has 252 valence electrons. The minimum absolute atomic E-state index is 0.122. The molecule has 51 heavy (non-hydrogen) atoms. The largest absolute Gasteiger partial charge is 0.351 e. The van der Waals surface area contributed by atoms with Crippen LogP contribution in [0.25, 0.3) is 22.5 Å². The lowest BCUT2D eigenvalue weighted by atomic mass is 9.77. The molecule has 2 aromatic heterocycles. The van der Waals surface area contributed by atoms with E-state index in [4.69, 9.17) is 10.3 Å². The van der Waals surface area contributed by atoms with E-state index in [0.717, 1.165) is 57.7 Å². The van der Waals surface area contributed by atoms with Gasteiger partial charge in [0.2, 0.25) is 5.91 Å². The van der Waals surface area contributed by atoms with Gasteiger partial charge in [-0.2, -0.15) is 0 Å². The summed E-state index contributed by atoms with van der Waals surface area (Å²) in [5.41, 5.74) is 7.10. The van der Waals surface area contributed by atoms with Gasteiger partial charge in [0, 0.05) is 31.8 Å². The van der Waals surface area contributed by atoms with Crippen LogP contribution in [-0.2, 0) is 16.9 Å². The van der Waals surface area contributed by atoms with Crippen LogP contribution in [0.3, 0.4) is 0 Å². The number of hydrogen-bond donors (Lipinski definition) is 1. The summed E-state index contributed by atoms with van der Waals surface area (Å²) < 4.78 is 1.97. The highest BCUT2D eigenvalue weighted by Gasteiger charge is 2.42. The van der Waals surface area contributed by atoms with E-state index < -0.39 is 5.54 Å². The fraction of sp³-hybridized carbons (Fsp3) is 0.140. The van der Waals surface area contributed by atoms with Gasteiger partial charge in [0.25, 0.3) is 0 Å². The fourth-order valence-electron chi connectivity index (χ4n) is 6.89. The van der Waals surface area contributed by atoms with E-state index in [-0.39, 0.29) is 5.91 Å². The lowest BCUT2D eigenvalue weighted by molar-refractivity contribution is -0.114. The summed E-state index contributed by atoms with van der Waals surface area (Å²) in [5, 5.41) is 16.7. The van der Waals surface area contributed by atoms with Crippen LogP contribution in [0.15, 0.2) is 158 Å². The minimum atomic E-state index is -0.857. The normalized spacial score (nSPS) is 11.3. The van der Waals surface area contributed by atoms with E-state index in [1.54, 1.807) is 6.20 Å². The number of carbonyl (C=O) groups excluding carboxylic acids is 1. The van der Waals surface area contributed by atoms with Crippen molar-refractivity contribution in [3.63, 3.8) is 0 Å². The van der Waals surface area contributed by atoms with E-state index in [1.165, 1.54) is 6.92 Å². The van der Waals surface area contributed by atoms with E-state index in [1.807, 2.05) is 47.1 Å². The van der Waals surface area contributed by atoms with Crippen molar-refractivity contribution in [2.24, 2.45) is 0 Å². The third kappa shape index (κ3) is 6.64. The van der Waals surface area contributed by atoms with Gasteiger partial charge < -0.3 is 10.2 Å². The third-order valence-corrected chi connectivity index (χ3v) is 9.06. The third-order valence-electron chi connectivity index (χ3n) is 9.06. The van der Waals surface area contributed by atoms with Crippen molar-refractivity contribution in [3.05, 3.63) is 180 Å². The minimum Gasteiger partial charge on any atom is -0.351 e. The Hall–Kier alpha value is -6.41. The van der Waals surface area contributed by atoms with Crippen molar-refractivity contribution < 1.29 is 4.79 Å². The highest BCUT2D eigenvalue weighted by molar-refractivity contribution is 5.92. The molecule has 5 aromatic carbocycles. The standard InChI is InChI=1S/C43H39N7O/c1-3-30-49(42-40(45-32(2)51)24-15-29-44-42)31-33-25-27-34(28-26-33)38-22-13-14-23-39(38)41-46-47-48-50(41)43(35-16-7-4-8-17-35,36-18-9-5-10-19-36)37-20-11-6-12-21-37/h4-29H,3,30-31H2,1-2H3,(H,45,51). The van der Waals surface area contributed by atoms with Gasteiger partial charge in [-0.1, -0.05) is 146 Å². The summed E-state index contributed by atoms with van der Waals surface area (Å²) in [6.45, 7) is 5.10. The number of carbonyl (C=O) groups is 1. The average molecular weight is 670 g/mol. The van der Waals surface area contributed by atoms with Gasteiger partial charge >= 0.3 is 0 Å². The van der Waals surface area contributed by atoms with Crippen LogP contribution in [0.1, 0.15) is 42.5 Å². The zero-order valence-corrected chi connectivity index (χ0v) is 28.7. The Labute approximate surface area is 298 Å². The molecule has 7 aromatic rings. The molecule has 8 heteroatoms. The van der Waals surface area contributed by atoms with E-state index in [9.17, 15) is 4.79 Å². The van der Waals surface area contributed by atoms with E-state index in [0.29, 0.717) is 18.1 Å². The van der Waals surface area contributed by atoms with Gasteiger partial charge in [-0.3, -0.25) is 4.79 Å². The Balaban J connectivity index is 1.31. The second kappa shape index (κ2) is 15.0. The second-order valence-corrected chi connectivity index (χ2v) is 12.4. The number of anilines is 2. The van der Waals surface area contributed by atoms with Crippen molar-refractivity contribution in [2.45, 2.75) is 32.4 Å². The number of tetrazole rings is 1. The molecule has 0 fully saturated rings. The lowest BCUT2D eigenvalue weighted by Gasteiger charge is -2.36. The molecule has 0 atom stereocenters. The first-order valence-corrected chi connectivity index (χ1v) is 17.2. The molecule has 0 aliphatic heterocycles. The molecule has 7 rings (SSSR count). The summed E-state index contributed by atoms with van der Waals surface area (Å²) in [6.07, 6.45) is 2.70. The van der Waals surface area contributed by atoms with E-state index in [2.05, 4.69) is 137 Å². The molecule has 0 aliphatic rings. The van der Waals surface area contributed by atoms with Gasteiger partial charge in [-0.25, -0.2) is 9.67 Å². The number of pyridine rings is 1. The summed E-state index contributed by atoms with van der Waals surface area (Å²) in [7, 11) is 0. The maximum atomic E-state index is 11.9. The average Bonchev–Trinajstić information content (AvgIpc) is 3.67. The van der Waals surface area contributed by atoms with E-state index >= 15 is 0 Å². The molecule has 0 bridgehead atoms. The Bertz CT molecular complexity index is 2100. The predicted octanol–water partition coefficient (Wildman–Crippen LogP) is 8.62. The van der Waals surface area contributed by atoms with Crippen molar-refractivity contribution in [1.82, 2.24) is 25.2 Å². The quantitative estimate of drug-likeness (QED) is 0.131. The zero-order valence-electron chi connectivity index (χ0n) is 28.7. The van der Waals surface area contributed by atoms with Crippen molar-refractivity contribution in [3.8, 4) is 22.5 Å². The van der Waals surface area contributed by atoms with Crippen LogP contribution in [0.2, 0.25) is 0 Å². The van der Waals surface area contributed by atoms with Crippen LogP contribution < -0.4 is 10.2 Å². The Morgan fingerprint density at radius 2 is 1.27 bits per heavy atom. The SMILES string of the molecule is CCCN(Cc1ccc(-c2ccccc2-c2nnnn2C(c2ccccc2)(c2ccccc2)c2ccccc2)cc1)c1ncccc1NC(C)=O. The molecule has 2 heterocycles. The molecule has 8 nitrogen and oxygen atoms in total. The van der Waals surface area contributed by atoms with Crippen LogP contribution in [0.5, 0.6) is 0 Å². The first-order valence-electron chi connectivity index (χ1n) is 17.2. The monoisotopic (exact) mass is 669 g/mol. The van der Waals surface area contributed by atoms with Crippen LogP contribution in [0.4, 0.5) is 11.5 Å². The molecule has 0 radical (unpaired) electrons. The van der Waals surface area contributed by atoms with Gasteiger partial charge in [-0.05, 0) is 62.4 Å². The molecule has 0 saturated heterocycles. The Morgan fingerprint density at radius 1 is 0.706 bits per heavy atom. The van der Waals surface area contributed by atoms with Crippen LogP contribution in [0, 0.1) is 0 Å². The van der Waals surface area contributed by atoms with Gasteiger partial charge in [-0.15, -0.1) is 5.10 Å².